The van der Waals surface area contributed by atoms with Gasteiger partial charge in [-0.3, -0.25) is 9.59 Å². The lowest BCUT2D eigenvalue weighted by molar-refractivity contribution is -0.140. The van der Waals surface area contributed by atoms with Crippen molar-refractivity contribution in [1.29, 1.82) is 0 Å². The third-order valence-electron chi connectivity index (χ3n) is 4.74. The number of carbonyl (C=O) groups is 2. The van der Waals surface area contributed by atoms with Crippen LogP contribution in [0.2, 0.25) is 0 Å². The topological polar surface area (TPSA) is 80.0 Å². The molecule has 4 rings (SSSR count). The van der Waals surface area contributed by atoms with E-state index in [1.165, 1.54) is 22.5 Å². The molecule has 2 aromatic heterocycles. The first kappa shape index (κ1) is 20.0. The van der Waals surface area contributed by atoms with Gasteiger partial charge in [-0.15, -0.1) is 11.3 Å². The monoisotopic (exact) mass is 423 g/mol. The van der Waals surface area contributed by atoms with Gasteiger partial charge >= 0.3 is 0 Å². The Morgan fingerprint density at radius 1 is 1.20 bits per heavy atom. The van der Waals surface area contributed by atoms with Gasteiger partial charge in [0.1, 0.15) is 23.3 Å². The lowest BCUT2D eigenvalue weighted by Crippen LogP contribution is -2.28. The van der Waals surface area contributed by atoms with Gasteiger partial charge < -0.3 is 19.2 Å². The van der Waals surface area contributed by atoms with Gasteiger partial charge in [-0.2, -0.15) is 0 Å². The number of furan rings is 1. The number of Topliss-reactive ketones (excluding diaryl/α,β-unsaturated/α-hetero) is 1. The Morgan fingerprint density at radius 2 is 2.03 bits per heavy atom. The summed E-state index contributed by atoms with van der Waals surface area (Å²) in [5.74, 6) is -0.669. The summed E-state index contributed by atoms with van der Waals surface area (Å²) in [4.78, 5) is 28.2. The first-order valence-corrected chi connectivity index (χ1v) is 10.4. The summed E-state index contributed by atoms with van der Waals surface area (Å²) >= 11 is 1.50. The Hall–Kier alpha value is -3.32. The van der Waals surface area contributed by atoms with Crippen LogP contribution in [0.1, 0.15) is 36.1 Å². The highest BCUT2D eigenvalue weighted by Gasteiger charge is 2.47. The highest BCUT2D eigenvalue weighted by Crippen LogP contribution is 2.41. The molecule has 3 aromatic rings. The van der Waals surface area contributed by atoms with Crippen molar-refractivity contribution >= 4 is 28.8 Å². The van der Waals surface area contributed by atoms with E-state index in [2.05, 4.69) is 0 Å². The third-order valence-corrected chi connectivity index (χ3v) is 5.60. The standard InChI is InChI=1S/C23H21NO5S/c1-14(2)29-16-7-3-6-15(12-16)21(25)19-20(18-9-4-10-28-18)24(23(27)22(19)26)13-17-8-5-11-30-17/h3-12,14,20,25H,13H2,1-2H3/b21-19-. The van der Waals surface area contributed by atoms with Gasteiger partial charge in [-0.25, -0.2) is 0 Å². The van der Waals surface area contributed by atoms with Gasteiger partial charge in [-0.05, 0) is 49.6 Å². The number of hydrogen-bond donors (Lipinski definition) is 1. The highest BCUT2D eigenvalue weighted by molar-refractivity contribution is 7.09. The lowest BCUT2D eigenvalue weighted by Gasteiger charge is -2.22. The quantitative estimate of drug-likeness (QED) is 0.352. The van der Waals surface area contributed by atoms with Crippen LogP contribution in [-0.4, -0.2) is 27.8 Å². The molecule has 1 amide bonds. The number of benzene rings is 1. The van der Waals surface area contributed by atoms with Crippen molar-refractivity contribution in [2.75, 3.05) is 0 Å². The van der Waals surface area contributed by atoms with Crippen LogP contribution in [0.4, 0.5) is 0 Å². The molecule has 1 saturated heterocycles. The second kappa shape index (κ2) is 8.20. The molecule has 0 aliphatic carbocycles. The second-order valence-corrected chi connectivity index (χ2v) is 8.25. The molecule has 0 bridgehead atoms. The Morgan fingerprint density at radius 3 is 2.70 bits per heavy atom. The van der Waals surface area contributed by atoms with Crippen molar-refractivity contribution in [2.45, 2.75) is 32.5 Å². The number of aliphatic hydroxyl groups is 1. The number of ether oxygens (including phenoxy) is 1. The summed E-state index contributed by atoms with van der Waals surface area (Å²) < 4.78 is 11.2. The van der Waals surface area contributed by atoms with Crippen LogP contribution in [0.3, 0.4) is 0 Å². The van der Waals surface area contributed by atoms with Crippen molar-refractivity contribution in [1.82, 2.24) is 4.90 Å². The Balaban J connectivity index is 1.80. The highest BCUT2D eigenvalue weighted by atomic mass is 32.1. The largest absolute Gasteiger partial charge is 0.507 e. The predicted molar refractivity (Wildman–Crippen MR) is 113 cm³/mol. The maximum Gasteiger partial charge on any atom is 0.296 e. The predicted octanol–water partition coefficient (Wildman–Crippen LogP) is 4.75. The molecule has 1 aromatic carbocycles. The molecule has 1 unspecified atom stereocenters. The van der Waals surface area contributed by atoms with Crippen LogP contribution >= 0.6 is 11.3 Å². The second-order valence-electron chi connectivity index (χ2n) is 7.22. The molecular formula is C23H21NO5S. The molecule has 3 heterocycles. The molecule has 1 N–H and O–H groups in total. The maximum atomic E-state index is 12.9. The summed E-state index contributed by atoms with van der Waals surface area (Å²) in [6.45, 7) is 4.06. The summed E-state index contributed by atoms with van der Waals surface area (Å²) in [7, 11) is 0. The average Bonchev–Trinajstić information content (AvgIpc) is 3.46. The van der Waals surface area contributed by atoms with Crippen LogP contribution in [0.5, 0.6) is 5.75 Å². The molecule has 6 nitrogen and oxygen atoms in total. The number of nitrogens with zero attached hydrogens (tertiary/aromatic N) is 1. The number of ketones is 1. The van der Waals surface area contributed by atoms with E-state index in [0.717, 1.165) is 4.88 Å². The average molecular weight is 423 g/mol. The molecule has 30 heavy (non-hydrogen) atoms. The number of likely N-dealkylation sites (tertiary alicyclic amines) is 1. The van der Waals surface area contributed by atoms with E-state index in [1.54, 1.807) is 36.4 Å². The van der Waals surface area contributed by atoms with Crippen molar-refractivity contribution in [3.8, 4) is 5.75 Å². The molecule has 0 radical (unpaired) electrons. The molecule has 0 spiro atoms. The summed E-state index contributed by atoms with van der Waals surface area (Å²) in [5.41, 5.74) is 0.409. The van der Waals surface area contributed by atoms with Gasteiger partial charge in [0.25, 0.3) is 11.7 Å². The Kier molecular flexibility index (Phi) is 5.46. The van der Waals surface area contributed by atoms with E-state index < -0.39 is 17.7 Å². The molecule has 1 aliphatic rings. The Labute approximate surface area is 178 Å². The van der Waals surface area contributed by atoms with Gasteiger partial charge in [0, 0.05) is 10.4 Å². The van der Waals surface area contributed by atoms with E-state index >= 15 is 0 Å². The first-order valence-electron chi connectivity index (χ1n) is 9.57. The third kappa shape index (κ3) is 3.76. The van der Waals surface area contributed by atoms with E-state index in [4.69, 9.17) is 9.15 Å². The lowest BCUT2D eigenvalue weighted by atomic mass is 9.99. The van der Waals surface area contributed by atoms with Gasteiger partial charge in [0.15, 0.2) is 0 Å². The minimum Gasteiger partial charge on any atom is -0.507 e. The minimum absolute atomic E-state index is 0.00760. The number of rotatable bonds is 6. The molecule has 154 valence electrons. The van der Waals surface area contributed by atoms with Crippen molar-refractivity contribution < 1.29 is 23.8 Å². The zero-order valence-electron chi connectivity index (χ0n) is 16.6. The molecule has 1 atom stereocenters. The molecular weight excluding hydrogens is 402 g/mol. The summed E-state index contributed by atoms with van der Waals surface area (Å²) in [5, 5.41) is 13.0. The molecule has 7 heteroatoms. The molecule has 1 aliphatic heterocycles. The first-order chi connectivity index (χ1) is 14.5. The van der Waals surface area contributed by atoms with E-state index in [9.17, 15) is 14.7 Å². The SMILES string of the molecule is CC(C)Oc1cccc(/C(O)=C2/C(=O)C(=O)N(Cc3cccs3)C2c2ccco2)c1. The summed E-state index contributed by atoms with van der Waals surface area (Å²) in [6.07, 6.45) is 1.44. The van der Waals surface area contributed by atoms with Crippen LogP contribution < -0.4 is 4.74 Å². The van der Waals surface area contributed by atoms with Crippen LogP contribution in [-0.2, 0) is 16.1 Å². The number of carbonyl (C=O) groups excluding carboxylic acids is 2. The van der Waals surface area contributed by atoms with Gasteiger partial charge in [0.05, 0.1) is 24.5 Å². The van der Waals surface area contributed by atoms with E-state index in [1.807, 2.05) is 31.4 Å². The fraction of sp³-hybridized carbons (Fsp3) is 0.217. The number of aliphatic hydroxyl groups excluding tert-OH is 1. The normalized spacial score (nSPS) is 18.4. The van der Waals surface area contributed by atoms with Crippen molar-refractivity contribution in [3.05, 3.63) is 81.9 Å². The number of hydrogen-bond acceptors (Lipinski definition) is 6. The van der Waals surface area contributed by atoms with E-state index in [-0.39, 0.29) is 24.0 Å². The zero-order valence-corrected chi connectivity index (χ0v) is 17.4. The number of thiophene rings is 1. The van der Waals surface area contributed by atoms with Crippen LogP contribution in [0.25, 0.3) is 5.76 Å². The summed E-state index contributed by atoms with van der Waals surface area (Å²) in [6, 6.07) is 13.2. The van der Waals surface area contributed by atoms with Gasteiger partial charge in [0.2, 0.25) is 0 Å². The van der Waals surface area contributed by atoms with Crippen molar-refractivity contribution in [2.24, 2.45) is 0 Å². The molecule has 1 fully saturated rings. The minimum atomic E-state index is -0.809. The van der Waals surface area contributed by atoms with Gasteiger partial charge in [-0.1, -0.05) is 18.2 Å². The zero-order chi connectivity index (χ0) is 21.3. The molecule has 0 saturated carbocycles. The van der Waals surface area contributed by atoms with E-state index in [0.29, 0.717) is 17.1 Å². The number of amides is 1. The van der Waals surface area contributed by atoms with Crippen LogP contribution in [0.15, 0.2) is 70.2 Å². The fourth-order valence-corrected chi connectivity index (χ4v) is 4.20. The van der Waals surface area contributed by atoms with Crippen molar-refractivity contribution in [3.63, 3.8) is 0 Å². The van der Waals surface area contributed by atoms with Crippen LogP contribution in [0, 0.1) is 0 Å². The maximum absolute atomic E-state index is 12.9. The smallest absolute Gasteiger partial charge is 0.296 e. The Bertz CT molecular complexity index is 1080. The fourth-order valence-electron chi connectivity index (χ4n) is 3.50.